The molecule has 0 aromatic heterocycles. The second kappa shape index (κ2) is 10.3. The Morgan fingerprint density at radius 1 is 1.06 bits per heavy atom. The minimum Gasteiger partial charge on any atom is -0.379 e. The summed E-state index contributed by atoms with van der Waals surface area (Å²) in [5.41, 5.74) is 1.78. The van der Waals surface area contributed by atoms with Gasteiger partial charge in [-0.25, -0.2) is 12.8 Å². The van der Waals surface area contributed by atoms with Crippen LogP contribution in [0.5, 0.6) is 0 Å². The van der Waals surface area contributed by atoms with Crippen molar-refractivity contribution in [2.45, 2.75) is 11.4 Å². The second-order valence-electron chi connectivity index (χ2n) is 7.70. The maximum absolute atomic E-state index is 14.4. The lowest BCUT2D eigenvalue weighted by Crippen LogP contribution is -2.41. The lowest BCUT2D eigenvalue weighted by atomic mass is 10.1. The van der Waals surface area contributed by atoms with Gasteiger partial charge in [0.15, 0.2) is 0 Å². The number of thioether (sulfide) groups is 1. The molecule has 0 bridgehead atoms. The van der Waals surface area contributed by atoms with Crippen molar-refractivity contribution in [3.05, 3.63) is 59.4 Å². The Morgan fingerprint density at radius 2 is 1.81 bits per heavy atom. The number of hydrogen-bond acceptors (Lipinski definition) is 6. The van der Waals surface area contributed by atoms with E-state index in [0.717, 1.165) is 48.8 Å². The van der Waals surface area contributed by atoms with Gasteiger partial charge in [0.05, 0.1) is 13.2 Å². The van der Waals surface area contributed by atoms with Crippen LogP contribution in [0.3, 0.4) is 0 Å². The number of hydrogen-bond donors (Lipinski definition) is 1. The molecular weight excluding hydrogens is 453 g/mol. The van der Waals surface area contributed by atoms with Gasteiger partial charge in [-0.05, 0) is 35.9 Å². The Balaban J connectivity index is 1.49. The third kappa shape index (κ3) is 5.49. The number of carbonyl (C=O) groups excluding carboxylic acids is 1. The highest BCUT2D eigenvalue weighted by Crippen LogP contribution is 2.23. The second-order valence-corrected chi connectivity index (χ2v) is 10.8. The minimum atomic E-state index is -4.05. The van der Waals surface area contributed by atoms with E-state index in [1.165, 1.54) is 10.4 Å². The number of halogens is 1. The van der Waals surface area contributed by atoms with Crippen LogP contribution in [0.1, 0.15) is 15.9 Å². The maximum Gasteiger partial charge on any atom is 0.255 e. The molecule has 2 heterocycles. The fraction of sp³-hybridized carbons (Fsp3) is 0.409. The third-order valence-corrected chi connectivity index (χ3v) is 8.33. The standard InChI is InChI=1S/C22H26FN3O4S2/c23-20-5-4-18(15-21(20)32(28,29)26-6-10-30-11-7-26)22(27)24-19-3-1-2-17(14-19)16-25-8-12-31-13-9-25/h1-5,14-15H,6-13,16H2,(H,24,27). The monoisotopic (exact) mass is 479 g/mol. The normalized spacial score (nSPS) is 18.4. The van der Waals surface area contributed by atoms with E-state index in [2.05, 4.69) is 10.2 Å². The summed E-state index contributed by atoms with van der Waals surface area (Å²) in [5, 5.41) is 2.80. The van der Waals surface area contributed by atoms with Gasteiger partial charge in [-0.1, -0.05) is 12.1 Å². The molecule has 172 valence electrons. The number of ether oxygens (including phenoxy) is 1. The highest BCUT2D eigenvalue weighted by atomic mass is 32.2. The topological polar surface area (TPSA) is 79.0 Å². The predicted molar refractivity (Wildman–Crippen MR) is 123 cm³/mol. The highest BCUT2D eigenvalue weighted by molar-refractivity contribution is 7.99. The van der Waals surface area contributed by atoms with Crippen molar-refractivity contribution in [2.24, 2.45) is 0 Å². The summed E-state index contributed by atoms with van der Waals surface area (Å²) in [4.78, 5) is 14.7. The first-order chi connectivity index (χ1) is 15.4. The van der Waals surface area contributed by atoms with Crippen LogP contribution in [0, 0.1) is 5.82 Å². The molecule has 0 atom stereocenters. The molecule has 2 aromatic rings. The van der Waals surface area contributed by atoms with Gasteiger partial charge >= 0.3 is 0 Å². The van der Waals surface area contributed by atoms with Gasteiger partial charge < -0.3 is 10.1 Å². The quantitative estimate of drug-likeness (QED) is 0.686. The van der Waals surface area contributed by atoms with E-state index in [1.54, 1.807) is 6.07 Å². The van der Waals surface area contributed by atoms with Crippen LogP contribution in [0.15, 0.2) is 47.4 Å². The van der Waals surface area contributed by atoms with Crippen molar-refractivity contribution in [3.8, 4) is 0 Å². The zero-order chi connectivity index (χ0) is 22.6. The largest absolute Gasteiger partial charge is 0.379 e. The molecule has 0 radical (unpaired) electrons. The molecule has 2 fully saturated rings. The van der Waals surface area contributed by atoms with E-state index >= 15 is 0 Å². The van der Waals surface area contributed by atoms with E-state index in [0.29, 0.717) is 5.69 Å². The van der Waals surface area contributed by atoms with Gasteiger partial charge in [0, 0.05) is 55.5 Å². The number of morpholine rings is 1. The van der Waals surface area contributed by atoms with Crippen molar-refractivity contribution in [1.82, 2.24) is 9.21 Å². The van der Waals surface area contributed by atoms with E-state index < -0.39 is 26.6 Å². The summed E-state index contributed by atoms with van der Waals surface area (Å²) in [5.74, 6) is 0.873. The number of sulfonamides is 1. The maximum atomic E-state index is 14.4. The number of benzene rings is 2. The van der Waals surface area contributed by atoms with Crippen LogP contribution >= 0.6 is 11.8 Å². The molecule has 0 saturated carbocycles. The molecule has 0 aliphatic carbocycles. The molecule has 1 N–H and O–H groups in total. The molecule has 7 nitrogen and oxygen atoms in total. The molecule has 4 rings (SSSR count). The Kier molecular flexibility index (Phi) is 7.47. The van der Waals surface area contributed by atoms with E-state index in [9.17, 15) is 17.6 Å². The van der Waals surface area contributed by atoms with E-state index in [1.807, 2.05) is 30.0 Å². The van der Waals surface area contributed by atoms with Gasteiger partial charge in [-0.15, -0.1) is 0 Å². The number of amides is 1. The van der Waals surface area contributed by atoms with Gasteiger partial charge in [0.25, 0.3) is 5.91 Å². The Bertz CT molecular complexity index is 1070. The van der Waals surface area contributed by atoms with Crippen molar-refractivity contribution in [3.63, 3.8) is 0 Å². The smallest absolute Gasteiger partial charge is 0.255 e. The molecule has 10 heteroatoms. The van der Waals surface area contributed by atoms with Crippen LogP contribution in [0.2, 0.25) is 0 Å². The van der Waals surface area contributed by atoms with E-state index in [4.69, 9.17) is 4.74 Å². The number of nitrogens with one attached hydrogen (secondary N) is 1. The van der Waals surface area contributed by atoms with Crippen molar-refractivity contribution >= 4 is 33.4 Å². The molecule has 2 aliphatic heterocycles. The van der Waals surface area contributed by atoms with Crippen LogP contribution in [-0.2, 0) is 21.3 Å². The lowest BCUT2D eigenvalue weighted by molar-refractivity contribution is 0.0729. The predicted octanol–water partition coefficient (Wildman–Crippen LogP) is 2.65. The highest BCUT2D eigenvalue weighted by Gasteiger charge is 2.29. The molecule has 2 aromatic carbocycles. The van der Waals surface area contributed by atoms with Crippen LogP contribution in [0.25, 0.3) is 0 Å². The average Bonchev–Trinajstić information content (AvgIpc) is 2.80. The average molecular weight is 480 g/mol. The summed E-state index contributed by atoms with van der Waals surface area (Å²) in [6, 6.07) is 11.0. The number of carbonyl (C=O) groups is 1. The Morgan fingerprint density at radius 3 is 2.56 bits per heavy atom. The molecular formula is C22H26FN3O4S2. The summed E-state index contributed by atoms with van der Waals surface area (Å²) in [7, 11) is -4.05. The first-order valence-corrected chi connectivity index (χ1v) is 13.1. The van der Waals surface area contributed by atoms with Crippen LogP contribution in [-0.4, -0.2) is 74.4 Å². The summed E-state index contributed by atoms with van der Waals surface area (Å²) >= 11 is 1.95. The van der Waals surface area contributed by atoms with Gasteiger partial charge in [-0.2, -0.15) is 16.1 Å². The number of rotatable bonds is 6. The van der Waals surface area contributed by atoms with E-state index in [-0.39, 0.29) is 31.9 Å². The zero-order valence-electron chi connectivity index (χ0n) is 17.6. The Hall–Kier alpha value is -1.98. The van der Waals surface area contributed by atoms with Gasteiger partial charge in [-0.3, -0.25) is 9.69 Å². The van der Waals surface area contributed by atoms with Crippen molar-refractivity contribution in [2.75, 3.05) is 56.2 Å². The van der Waals surface area contributed by atoms with Crippen molar-refractivity contribution in [1.29, 1.82) is 0 Å². The summed E-state index contributed by atoms with van der Waals surface area (Å²) in [6.45, 7) is 3.71. The minimum absolute atomic E-state index is 0.0803. The van der Waals surface area contributed by atoms with Gasteiger partial charge in [0.1, 0.15) is 10.7 Å². The molecule has 1 amide bonds. The number of nitrogens with zero attached hydrogens (tertiary/aromatic N) is 2. The molecule has 32 heavy (non-hydrogen) atoms. The Labute approximate surface area is 192 Å². The summed E-state index contributed by atoms with van der Waals surface area (Å²) in [6.07, 6.45) is 0. The number of anilines is 1. The fourth-order valence-corrected chi connectivity index (χ4v) is 6.21. The van der Waals surface area contributed by atoms with Crippen LogP contribution < -0.4 is 5.32 Å². The SMILES string of the molecule is O=C(Nc1cccc(CN2CCSCC2)c1)c1ccc(F)c(S(=O)(=O)N2CCOCC2)c1. The fourth-order valence-electron chi connectivity index (χ4n) is 3.74. The first-order valence-electron chi connectivity index (χ1n) is 10.5. The lowest BCUT2D eigenvalue weighted by Gasteiger charge is -2.26. The molecule has 0 spiro atoms. The third-order valence-electron chi connectivity index (χ3n) is 5.48. The molecule has 2 saturated heterocycles. The van der Waals surface area contributed by atoms with Crippen LogP contribution in [0.4, 0.5) is 10.1 Å². The first kappa shape index (κ1) is 23.2. The zero-order valence-corrected chi connectivity index (χ0v) is 19.3. The molecule has 2 aliphatic rings. The van der Waals surface area contributed by atoms with Gasteiger partial charge in [0.2, 0.25) is 10.0 Å². The van der Waals surface area contributed by atoms with Crippen molar-refractivity contribution < 1.29 is 22.3 Å². The summed E-state index contributed by atoms with van der Waals surface area (Å²) < 4.78 is 46.5. The molecule has 0 unspecified atom stereocenters.